The fraction of sp³-hybridized carbons (Fsp3) is 0. The van der Waals surface area contributed by atoms with E-state index in [9.17, 15) is 0 Å². The molecule has 0 unspecified atom stereocenters. The molecule has 0 spiro atoms. The topological polar surface area (TPSA) is 53.5 Å². The van der Waals surface area contributed by atoms with E-state index < -0.39 is 0 Å². The SMILES string of the molecule is c1ccc(-c2nc(-c3ccc(-n4c5ccccc5c5c4ccc4c6ccccc6n(-c6ccccc6)c45)cc3)nc(-c3cccc(-n4c5ccccc5c5ccccc54)c3)n2)cc1. The summed E-state index contributed by atoms with van der Waals surface area (Å²) >= 11 is 0. The van der Waals surface area contributed by atoms with Gasteiger partial charge in [-0.2, -0.15) is 0 Å². The summed E-state index contributed by atoms with van der Waals surface area (Å²) in [6.07, 6.45) is 0. The van der Waals surface area contributed by atoms with Gasteiger partial charge in [-0.15, -0.1) is 0 Å². The van der Waals surface area contributed by atoms with E-state index in [0.29, 0.717) is 17.5 Å². The molecule has 0 bridgehead atoms. The first-order valence-electron chi connectivity index (χ1n) is 21.3. The molecule has 294 valence electrons. The molecular formula is C57H36N6. The fourth-order valence-corrected chi connectivity index (χ4v) is 9.73. The molecule has 0 aliphatic heterocycles. The fourth-order valence-electron chi connectivity index (χ4n) is 9.73. The van der Waals surface area contributed by atoms with Gasteiger partial charge < -0.3 is 13.7 Å². The van der Waals surface area contributed by atoms with E-state index in [-0.39, 0.29) is 0 Å². The van der Waals surface area contributed by atoms with Crippen molar-refractivity contribution in [2.75, 3.05) is 0 Å². The Balaban J connectivity index is 0.966. The van der Waals surface area contributed by atoms with E-state index in [2.05, 4.69) is 214 Å². The molecule has 0 N–H and O–H groups in total. The van der Waals surface area contributed by atoms with Crippen molar-refractivity contribution in [3.05, 3.63) is 218 Å². The molecule has 0 amide bonds. The van der Waals surface area contributed by atoms with Crippen molar-refractivity contribution in [2.24, 2.45) is 0 Å². The molecule has 4 heterocycles. The average Bonchev–Trinajstić information content (AvgIpc) is 4.00. The Morgan fingerprint density at radius 3 is 1.32 bits per heavy atom. The van der Waals surface area contributed by atoms with Crippen LogP contribution in [0.3, 0.4) is 0 Å². The van der Waals surface area contributed by atoms with Crippen molar-refractivity contribution < 1.29 is 0 Å². The number of hydrogen-bond donors (Lipinski definition) is 0. The number of benzene rings is 9. The molecule has 13 aromatic rings. The second-order valence-corrected chi connectivity index (χ2v) is 16.0. The molecule has 13 rings (SSSR count). The summed E-state index contributed by atoms with van der Waals surface area (Å²) < 4.78 is 7.14. The van der Waals surface area contributed by atoms with Gasteiger partial charge in [-0.05, 0) is 78.9 Å². The third kappa shape index (κ3) is 5.48. The quantitative estimate of drug-likeness (QED) is 0.168. The number of para-hydroxylation sites is 5. The van der Waals surface area contributed by atoms with Gasteiger partial charge in [0.15, 0.2) is 17.5 Å². The van der Waals surface area contributed by atoms with Crippen LogP contribution < -0.4 is 0 Å². The van der Waals surface area contributed by atoms with Gasteiger partial charge in [-0.25, -0.2) is 15.0 Å². The Hall–Kier alpha value is -8.61. The Morgan fingerprint density at radius 1 is 0.254 bits per heavy atom. The summed E-state index contributed by atoms with van der Waals surface area (Å²) in [6.45, 7) is 0. The van der Waals surface area contributed by atoms with Crippen LogP contribution in [0.2, 0.25) is 0 Å². The van der Waals surface area contributed by atoms with Crippen molar-refractivity contribution in [1.29, 1.82) is 0 Å². The van der Waals surface area contributed by atoms with Gasteiger partial charge in [-0.1, -0.05) is 140 Å². The summed E-state index contributed by atoms with van der Waals surface area (Å²) in [7, 11) is 0. The standard InChI is InChI=1S/C57H36N6/c1-3-16-37(17-4-1)55-58-56(60-57(59-55)39-18-15-21-42(36-39)62-48-26-11-7-22-43(48)44-23-8-12-27-49(44)62)38-30-32-41(33-31-38)61-51-29-14-10-25-47(51)53-52(61)35-34-46-45-24-9-13-28-50(45)63(54(46)53)40-19-5-2-6-20-40/h1-36H. The molecular weight excluding hydrogens is 769 g/mol. The number of hydrogen-bond acceptors (Lipinski definition) is 3. The van der Waals surface area contributed by atoms with Gasteiger partial charge in [0.2, 0.25) is 0 Å². The van der Waals surface area contributed by atoms with Crippen LogP contribution in [0.4, 0.5) is 0 Å². The first-order chi connectivity index (χ1) is 31.3. The van der Waals surface area contributed by atoms with E-state index >= 15 is 0 Å². The monoisotopic (exact) mass is 804 g/mol. The highest BCUT2D eigenvalue weighted by Gasteiger charge is 2.21. The minimum absolute atomic E-state index is 0.615. The molecule has 0 fully saturated rings. The van der Waals surface area contributed by atoms with Crippen molar-refractivity contribution in [2.45, 2.75) is 0 Å². The Morgan fingerprint density at radius 2 is 0.683 bits per heavy atom. The van der Waals surface area contributed by atoms with Crippen LogP contribution in [0.5, 0.6) is 0 Å². The zero-order valence-electron chi connectivity index (χ0n) is 34.0. The van der Waals surface area contributed by atoms with E-state index in [1.807, 2.05) is 18.2 Å². The van der Waals surface area contributed by atoms with Crippen LogP contribution in [0.15, 0.2) is 218 Å². The maximum atomic E-state index is 5.19. The third-order valence-electron chi connectivity index (χ3n) is 12.5. The lowest BCUT2D eigenvalue weighted by atomic mass is 10.1. The van der Waals surface area contributed by atoms with Crippen LogP contribution in [0.1, 0.15) is 0 Å². The predicted octanol–water partition coefficient (Wildman–Crippen LogP) is 14.2. The van der Waals surface area contributed by atoms with Crippen LogP contribution in [0, 0.1) is 0 Å². The molecule has 6 heteroatoms. The van der Waals surface area contributed by atoms with Crippen LogP contribution >= 0.6 is 0 Å². The zero-order valence-corrected chi connectivity index (χ0v) is 34.0. The summed E-state index contributed by atoms with van der Waals surface area (Å²) in [5, 5.41) is 7.36. The maximum Gasteiger partial charge on any atom is 0.164 e. The van der Waals surface area contributed by atoms with Gasteiger partial charge in [0.25, 0.3) is 0 Å². The lowest BCUT2D eigenvalue weighted by Crippen LogP contribution is -2.01. The van der Waals surface area contributed by atoms with Gasteiger partial charge in [-0.3, -0.25) is 0 Å². The van der Waals surface area contributed by atoms with E-state index in [1.165, 1.54) is 43.4 Å². The number of aromatic nitrogens is 6. The van der Waals surface area contributed by atoms with Crippen molar-refractivity contribution in [3.8, 4) is 51.2 Å². The van der Waals surface area contributed by atoms with Gasteiger partial charge in [0.1, 0.15) is 0 Å². The van der Waals surface area contributed by atoms with Gasteiger partial charge >= 0.3 is 0 Å². The van der Waals surface area contributed by atoms with E-state index in [4.69, 9.17) is 15.0 Å². The number of fused-ring (bicyclic) bond motifs is 10. The van der Waals surface area contributed by atoms with Crippen LogP contribution in [-0.2, 0) is 0 Å². The van der Waals surface area contributed by atoms with E-state index in [0.717, 1.165) is 55.8 Å². The van der Waals surface area contributed by atoms with Crippen LogP contribution in [0.25, 0.3) is 117 Å². The lowest BCUT2D eigenvalue weighted by molar-refractivity contribution is 1.07. The van der Waals surface area contributed by atoms with Crippen LogP contribution in [-0.4, -0.2) is 28.7 Å². The molecule has 0 atom stereocenters. The maximum absolute atomic E-state index is 5.19. The van der Waals surface area contributed by atoms with Crippen molar-refractivity contribution >= 4 is 65.4 Å². The second-order valence-electron chi connectivity index (χ2n) is 16.0. The molecule has 0 aliphatic carbocycles. The van der Waals surface area contributed by atoms with E-state index in [1.54, 1.807) is 0 Å². The summed E-state index contributed by atoms with van der Waals surface area (Å²) in [6, 6.07) is 77.2. The molecule has 0 saturated heterocycles. The molecule has 0 aliphatic rings. The smallest absolute Gasteiger partial charge is 0.164 e. The first-order valence-corrected chi connectivity index (χ1v) is 21.3. The highest BCUT2D eigenvalue weighted by atomic mass is 15.0. The Kier molecular flexibility index (Phi) is 7.80. The second kappa shape index (κ2) is 14.0. The molecule has 9 aromatic carbocycles. The Bertz CT molecular complexity index is 3840. The third-order valence-corrected chi connectivity index (χ3v) is 12.5. The molecule has 0 radical (unpaired) electrons. The number of nitrogens with zero attached hydrogens (tertiary/aromatic N) is 6. The summed E-state index contributed by atoms with van der Waals surface area (Å²) in [5.74, 6) is 1.86. The minimum Gasteiger partial charge on any atom is -0.309 e. The normalized spacial score (nSPS) is 11.8. The lowest BCUT2D eigenvalue weighted by Gasteiger charge is -2.12. The highest BCUT2D eigenvalue weighted by Crippen LogP contribution is 2.42. The average molecular weight is 805 g/mol. The number of rotatable bonds is 6. The Labute approximate surface area is 362 Å². The molecule has 0 saturated carbocycles. The van der Waals surface area contributed by atoms with Gasteiger partial charge in [0.05, 0.1) is 33.1 Å². The van der Waals surface area contributed by atoms with Crippen molar-refractivity contribution in [3.63, 3.8) is 0 Å². The summed E-state index contributed by atoms with van der Waals surface area (Å²) in [5.41, 5.74) is 13.0. The molecule has 4 aromatic heterocycles. The zero-order chi connectivity index (χ0) is 41.4. The van der Waals surface area contributed by atoms with Gasteiger partial charge in [0, 0.05) is 66.1 Å². The molecule has 6 nitrogen and oxygen atoms in total. The largest absolute Gasteiger partial charge is 0.309 e. The summed E-state index contributed by atoms with van der Waals surface area (Å²) in [4.78, 5) is 15.4. The first kappa shape index (κ1) is 35.2. The molecule has 63 heavy (non-hydrogen) atoms. The minimum atomic E-state index is 0.615. The predicted molar refractivity (Wildman–Crippen MR) is 259 cm³/mol. The highest BCUT2D eigenvalue weighted by molar-refractivity contribution is 6.26. The van der Waals surface area contributed by atoms with Crippen molar-refractivity contribution in [1.82, 2.24) is 28.7 Å².